The third kappa shape index (κ3) is 6.42. The minimum absolute atomic E-state index is 0.974. The van der Waals surface area contributed by atoms with E-state index in [1.165, 1.54) is 94.3 Å². The number of nitrogens with zero attached hydrogens (tertiary/aromatic N) is 2. The predicted molar refractivity (Wildman–Crippen MR) is 266 cm³/mol. The predicted octanol–water partition coefficient (Wildman–Crippen LogP) is 16.6. The summed E-state index contributed by atoms with van der Waals surface area (Å²) in [5, 5.41) is 2.55. The smallest absolute Gasteiger partial charge is 0.0619 e. The molecule has 0 saturated heterocycles. The Morgan fingerprint density at radius 2 is 0.937 bits per heavy atom. The summed E-state index contributed by atoms with van der Waals surface area (Å²) in [6, 6.07) is 77.9. The Hall–Kier alpha value is -7.94. The molecular weight excluding hydrogens is 761 g/mol. The van der Waals surface area contributed by atoms with E-state index in [0.29, 0.717) is 0 Å². The largest absolute Gasteiger partial charge is 0.311 e. The summed E-state index contributed by atoms with van der Waals surface area (Å²) in [6.45, 7) is 0. The standard InChI is InChI=1S/C61H44N2/c1-3-15-44(16-4-1)54-24-14-26-57-56-22-10-12-28-60(56)63(61(54)57)59-27-11-9-21-53(59)46-31-29-42(30-32-46)43-33-37-49(38-34-43)62(48-18-5-2-6-19-48)50-39-35-45(36-40-50)51-23-13-25-55-52-20-8-7-17-47(52)41-58(51)55/h2-3,5-40H,1,4,41H2. The van der Waals surface area contributed by atoms with E-state index in [1.54, 1.807) is 0 Å². The van der Waals surface area contributed by atoms with E-state index in [1.807, 2.05) is 0 Å². The average Bonchev–Trinajstić information content (AvgIpc) is 3.92. The van der Waals surface area contributed by atoms with Crippen molar-refractivity contribution in [2.75, 3.05) is 4.90 Å². The van der Waals surface area contributed by atoms with E-state index in [0.717, 1.165) is 36.3 Å². The van der Waals surface area contributed by atoms with E-state index in [-0.39, 0.29) is 0 Å². The van der Waals surface area contributed by atoms with Crippen molar-refractivity contribution in [3.63, 3.8) is 0 Å². The van der Waals surface area contributed by atoms with Gasteiger partial charge in [0.25, 0.3) is 0 Å². The fraction of sp³-hybridized carbons (Fsp3) is 0.0492. The van der Waals surface area contributed by atoms with Crippen molar-refractivity contribution in [1.29, 1.82) is 0 Å². The van der Waals surface area contributed by atoms with Crippen molar-refractivity contribution < 1.29 is 0 Å². The first-order valence-electron chi connectivity index (χ1n) is 22.1. The fourth-order valence-electron chi connectivity index (χ4n) is 10.1. The minimum atomic E-state index is 0.974. The lowest BCUT2D eigenvalue weighted by Gasteiger charge is -2.26. The van der Waals surface area contributed by atoms with E-state index < -0.39 is 0 Å². The monoisotopic (exact) mass is 804 g/mol. The molecule has 0 bridgehead atoms. The van der Waals surface area contributed by atoms with Crippen LogP contribution in [0.5, 0.6) is 0 Å². The summed E-state index contributed by atoms with van der Waals surface area (Å²) in [4.78, 5) is 2.35. The second-order valence-electron chi connectivity index (χ2n) is 16.7. The van der Waals surface area contributed by atoms with Gasteiger partial charge in [0.05, 0.1) is 16.7 Å². The minimum Gasteiger partial charge on any atom is -0.311 e. The topological polar surface area (TPSA) is 8.17 Å². The summed E-state index contributed by atoms with van der Waals surface area (Å²) in [7, 11) is 0. The lowest BCUT2D eigenvalue weighted by molar-refractivity contribution is 1.04. The van der Waals surface area contributed by atoms with Crippen molar-refractivity contribution in [3.8, 4) is 50.2 Å². The molecule has 0 fully saturated rings. The molecule has 2 nitrogen and oxygen atoms in total. The third-order valence-electron chi connectivity index (χ3n) is 13.1. The lowest BCUT2D eigenvalue weighted by atomic mass is 9.95. The normalized spacial score (nSPS) is 12.9. The molecule has 1 heterocycles. The second-order valence-corrected chi connectivity index (χ2v) is 16.7. The molecule has 0 unspecified atom stereocenters. The molecule has 298 valence electrons. The number of para-hydroxylation sites is 4. The number of aromatic nitrogens is 1. The van der Waals surface area contributed by atoms with Crippen LogP contribution >= 0.6 is 0 Å². The van der Waals surface area contributed by atoms with Crippen LogP contribution in [0.4, 0.5) is 17.1 Å². The highest BCUT2D eigenvalue weighted by molar-refractivity contribution is 6.13. The number of hydrogen-bond donors (Lipinski definition) is 0. The highest BCUT2D eigenvalue weighted by atomic mass is 15.1. The molecule has 9 aromatic carbocycles. The van der Waals surface area contributed by atoms with Crippen LogP contribution in [-0.4, -0.2) is 4.57 Å². The van der Waals surface area contributed by atoms with Gasteiger partial charge >= 0.3 is 0 Å². The van der Waals surface area contributed by atoms with E-state index in [9.17, 15) is 0 Å². The van der Waals surface area contributed by atoms with E-state index in [4.69, 9.17) is 0 Å². The first-order valence-corrected chi connectivity index (χ1v) is 22.1. The Kier molecular flexibility index (Phi) is 9.08. The van der Waals surface area contributed by atoms with Crippen molar-refractivity contribution in [2.45, 2.75) is 19.3 Å². The highest BCUT2D eigenvalue weighted by Crippen LogP contribution is 2.44. The van der Waals surface area contributed by atoms with Gasteiger partial charge in [-0.3, -0.25) is 0 Å². The van der Waals surface area contributed by atoms with Crippen LogP contribution in [0.15, 0.2) is 231 Å². The van der Waals surface area contributed by atoms with Gasteiger partial charge in [0.15, 0.2) is 0 Å². The molecule has 0 aliphatic heterocycles. The molecular formula is C61H44N2. The summed E-state index contributed by atoms with van der Waals surface area (Å²) >= 11 is 0. The van der Waals surface area contributed by atoms with Gasteiger partial charge in [-0.15, -0.1) is 0 Å². The molecule has 2 aliphatic carbocycles. The van der Waals surface area contributed by atoms with Crippen molar-refractivity contribution in [1.82, 2.24) is 4.57 Å². The number of benzene rings is 9. The Morgan fingerprint density at radius 1 is 0.381 bits per heavy atom. The van der Waals surface area contributed by atoms with Crippen LogP contribution in [0, 0.1) is 0 Å². The van der Waals surface area contributed by atoms with Gasteiger partial charge in [-0.1, -0.05) is 182 Å². The molecule has 0 radical (unpaired) electrons. The molecule has 0 amide bonds. The van der Waals surface area contributed by atoms with E-state index in [2.05, 4.69) is 240 Å². The zero-order chi connectivity index (χ0) is 41.7. The van der Waals surface area contributed by atoms with Gasteiger partial charge in [0, 0.05) is 39.0 Å². The molecule has 0 spiro atoms. The first-order chi connectivity index (χ1) is 31.3. The maximum absolute atomic E-state index is 2.49. The molecule has 1 aromatic heterocycles. The van der Waals surface area contributed by atoms with E-state index >= 15 is 0 Å². The van der Waals surface area contributed by atoms with Gasteiger partial charge in [-0.05, 0) is 123 Å². The number of allylic oxidation sites excluding steroid dienone is 4. The van der Waals surface area contributed by atoms with Gasteiger partial charge < -0.3 is 9.47 Å². The van der Waals surface area contributed by atoms with Gasteiger partial charge in [-0.25, -0.2) is 0 Å². The third-order valence-corrected chi connectivity index (χ3v) is 13.1. The molecule has 2 aliphatic rings. The zero-order valence-corrected chi connectivity index (χ0v) is 35.0. The molecule has 0 N–H and O–H groups in total. The molecule has 63 heavy (non-hydrogen) atoms. The molecule has 2 heteroatoms. The second kappa shape index (κ2) is 15.5. The van der Waals surface area contributed by atoms with Crippen LogP contribution < -0.4 is 4.90 Å². The summed E-state index contributed by atoms with van der Waals surface area (Å²) in [6.07, 6.45) is 10.1. The maximum atomic E-state index is 2.49. The summed E-state index contributed by atoms with van der Waals surface area (Å²) < 4.78 is 2.49. The van der Waals surface area contributed by atoms with Crippen molar-refractivity contribution in [3.05, 3.63) is 247 Å². The van der Waals surface area contributed by atoms with Crippen LogP contribution in [0.2, 0.25) is 0 Å². The SMILES string of the molecule is C1=CC(c2cccc3c4ccccc4n(-c4ccccc4-c4ccc(-c5ccc(N(c6ccccc6)c6ccc(-c7cccc8c7Cc7ccccc7-8)cc6)cc5)cc4)c23)=CCC1. The Balaban J connectivity index is 0.866. The zero-order valence-electron chi connectivity index (χ0n) is 35.0. The summed E-state index contributed by atoms with van der Waals surface area (Å²) in [5.41, 5.74) is 22.5. The maximum Gasteiger partial charge on any atom is 0.0619 e. The Bertz CT molecular complexity index is 3380. The van der Waals surface area contributed by atoms with Gasteiger partial charge in [0.2, 0.25) is 0 Å². The van der Waals surface area contributed by atoms with Crippen molar-refractivity contribution in [2.24, 2.45) is 0 Å². The number of hydrogen-bond acceptors (Lipinski definition) is 1. The highest BCUT2D eigenvalue weighted by Gasteiger charge is 2.22. The van der Waals surface area contributed by atoms with Crippen LogP contribution in [0.1, 0.15) is 29.5 Å². The fourth-order valence-corrected chi connectivity index (χ4v) is 10.1. The average molecular weight is 805 g/mol. The van der Waals surface area contributed by atoms with Gasteiger partial charge in [-0.2, -0.15) is 0 Å². The Labute approximate surface area is 369 Å². The van der Waals surface area contributed by atoms with Gasteiger partial charge in [0.1, 0.15) is 0 Å². The molecule has 0 atom stereocenters. The number of anilines is 3. The molecule has 0 saturated carbocycles. The lowest BCUT2D eigenvalue weighted by Crippen LogP contribution is -2.09. The molecule has 12 rings (SSSR count). The Morgan fingerprint density at radius 3 is 1.71 bits per heavy atom. The first kappa shape index (κ1) is 36.9. The van der Waals surface area contributed by atoms with Crippen LogP contribution in [0.3, 0.4) is 0 Å². The van der Waals surface area contributed by atoms with Crippen LogP contribution in [0.25, 0.3) is 77.6 Å². The van der Waals surface area contributed by atoms with Crippen molar-refractivity contribution >= 4 is 44.4 Å². The number of rotatable bonds is 8. The number of fused-ring (bicyclic) bond motifs is 6. The quantitative estimate of drug-likeness (QED) is 0.149. The van der Waals surface area contributed by atoms with Crippen LogP contribution in [-0.2, 0) is 6.42 Å². The molecule has 10 aromatic rings. The summed E-state index contributed by atoms with van der Waals surface area (Å²) in [5.74, 6) is 0.